The van der Waals surface area contributed by atoms with Crippen LogP contribution in [-0.2, 0) is 17.8 Å². The molecule has 0 bridgehead atoms. The first kappa shape index (κ1) is 25.3. The molecule has 9 nitrogen and oxygen atoms in total. The van der Waals surface area contributed by atoms with E-state index in [1.165, 1.54) is 19.3 Å². The summed E-state index contributed by atoms with van der Waals surface area (Å²) in [6, 6.07) is 11.9. The van der Waals surface area contributed by atoms with Crippen molar-refractivity contribution in [1.82, 2.24) is 10.3 Å². The summed E-state index contributed by atoms with van der Waals surface area (Å²) in [6.07, 6.45) is 5.55. The summed E-state index contributed by atoms with van der Waals surface area (Å²) < 4.78 is 0. The molecule has 1 aliphatic rings. The fraction of sp³-hybridized carbons (Fsp3) is 0.308. The van der Waals surface area contributed by atoms with Crippen molar-refractivity contribution >= 4 is 34.9 Å². The number of anilines is 1. The number of thiazole rings is 1. The molecule has 0 radical (unpaired) electrons. The molecule has 2 aromatic carbocycles. The maximum Gasteiger partial charge on any atom is 0.320 e. The van der Waals surface area contributed by atoms with Crippen molar-refractivity contribution in [1.29, 1.82) is 0 Å². The van der Waals surface area contributed by atoms with Crippen molar-refractivity contribution in [3.05, 3.63) is 70.7 Å². The van der Waals surface area contributed by atoms with Crippen molar-refractivity contribution in [2.75, 3.05) is 18.0 Å². The number of nitrogens with one attached hydrogen (secondary N) is 1. The van der Waals surface area contributed by atoms with Crippen LogP contribution < -0.4 is 21.7 Å². The Kier molecular flexibility index (Phi) is 8.29. The van der Waals surface area contributed by atoms with Gasteiger partial charge in [0.05, 0.1) is 0 Å². The standard InChI is InChI=1S/C26H30N6O3S/c27-21(25(34)35)14-17-4-6-18(7-5-17)23(33)31-26(28)30-16-20-15-19(24-29-10-13-36-24)8-9-22(20)32-11-2-1-3-12-32/h4-10,13,15,21H,1-3,11-12,14,16,27H2,(H,34,35)(H3,28,30,31,33)/t21-/m0/s1. The molecule has 2 heterocycles. The molecule has 36 heavy (non-hydrogen) atoms. The Morgan fingerprint density at radius 2 is 1.89 bits per heavy atom. The van der Waals surface area contributed by atoms with Crippen LogP contribution in [0.3, 0.4) is 0 Å². The zero-order valence-corrected chi connectivity index (χ0v) is 20.7. The number of guanidine groups is 1. The first-order chi connectivity index (χ1) is 17.4. The number of benzene rings is 2. The second-order valence-corrected chi connectivity index (χ2v) is 9.62. The van der Waals surface area contributed by atoms with Gasteiger partial charge >= 0.3 is 5.97 Å². The largest absolute Gasteiger partial charge is 0.480 e. The molecule has 1 amide bonds. The van der Waals surface area contributed by atoms with Crippen molar-refractivity contribution in [2.24, 2.45) is 16.5 Å². The van der Waals surface area contributed by atoms with Gasteiger partial charge in [-0.3, -0.25) is 9.59 Å². The van der Waals surface area contributed by atoms with Crippen LogP contribution in [0.4, 0.5) is 5.69 Å². The smallest absolute Gasteiger partial charge is 0.320 e. The summed E-state index contributed by atoms with van der Waals surface area (Å²) in [6.45, 7) is 2.44. The molecule has 1 saturated heterocycles. The zero-order chi connectivity index (χ0) is 25.5. The van der Waals surface area contributed by atoms with E-state index in [1.807, 2.05) is 5.38 Å². The highest BCUT2D eigenvalue weighted by Gasteiger charge is 2.17. The fourth-order valence-corrected chi connectivity index (χ4v) is 4.83. The van der Waals surface area contributed by atoms with E-state index in [0.29, 0.717) is 12.1 Å². The van der Waals surface area contributed by atoms with E-state index in [9.17, 15) is 9.59 Å². The van der Waals surface area contributed by atoms with Gasteiger partial charge in [0.2, 0.25) is 0 Å². The highest BCUT2D eigenvalue weighted by atomic mass is 32.1. The molecule has 4 rings (SSSR count). The Balaban J connectivity index is 1.45. The number of aromatic nitrogens is 1. The van der Waals surface area contributed by atoms with E-state index >= 15 is 0 Å². The Labute approximate surface area is 213 Å². The lowest BCUT2D eigenvalue weighted by atomic mass is 10.0. The van der Waals surface area contributed by atoms with Gasteiger partial charge in [0, 0.05) is 48.0 Å². The first-order valence-corrected chi connectivity index (χ1v) is 12.8. The van der Waals surface area contributed by atoms with Crippen molar-refractivity contribution in [3.63, 3.8) is 0 Å². The van der Waals surface area contributed by atoms with Gasteiger partial charge in [-0.25, -0.2) is 4.98 Å². The Bertz CT molecular complexity index is 1220. The number of carboxylic acids is 1. The van der Waals surface area contributed by atoms with E-state index in [4.69, 9.17) is 16.6 Å². The molecule has 6 N–H and O–H groups in total. The molecule has 0 spiro atoms. The first-order valence-electron chi connectivity index (χ1n) is 11.9. The van der Waals surface area contributed by atoms with Gasteiger partial charge in [-0.1, -0.05) is 12.1 Å². The molecule has 1 atom stereocenters. The highest BCUT2D eigenvalue weighted by Crippen LogP contribution is 2.30. The second-order valence-electron chi connectivity index (χ2n) is 8.73. The van der Waals surface area contributed by atoms with Crippen LogP contribution in [-0.4, -0.2) is 47.1 Å². The molecule has 1 aromatic heterocycles. The maximum absolute atomic E-state index is 12.6. The fourth-order valence-electron chi connectivity index (χ4n) is 4.19. The highest BCUT2D eigenvalue weighted by molar-refractivity contribution is 7.13. The van der Waals surface area contributed by atoms with Gasteiger partial charge in [0.1, 0.15) is 11.0 Å². The molecule has 0 aliphatic carbocycles. The molecule has 10 heteroatoms. The van der Waals surface area contributed by atoms with E-state index in [2.05, 4.69) is 38.4 Å². The van der Waals surface area contributed by atoms with E-state index in [-0.39, 0.29) is 12.4 Å². The number of aliphatic carboxylic acids is 1. The lowest BCUT2D eigenvalue weighted by Crippen LogP contribution is -2.34. The van der Waals surface area contributed by atoms with Gasteiger partial charge in [-0.15, -0.1) is 11.3 Å². The van der Waals surface area contributed by atoms with Crippen LogP contribution in [0.25, 0.3) is 10.6 Å². The number of nitrogens with two attached hydrogens (primary N) is 2. The molecule has 1 aliphatic heterocycles. The number of carbonyl (C=O) groups is 2. The van der Waals surface area contributed by atoms with Crippen LogP contribution in [0.2, 0.25) is 0 Å². The van der Waals surface area contributed by atoms with Crippen LogP contribution >= 0.6 is 11.3 Å². The Morgan fingerprint density at radius 3 is 2.56 bits per heavy atom. The molecular weight excluding hydrogens is 476 g/mol. The lowest BCUT2D eigenvalue weighted by molar-refractivity contribution is -0.138. The normalized spacial score (nSPS) is 14.9. The average molecular weight is 507 g/mol. The summed E-state index contributed by atoms with van der Waals surface area (Å²) in [7, 11) is 0. The number of aliphatic imine (C=N–C) groups is 1. The predicted molar refractivity (Wildman–Crippen MR) is 142 cm³/mol. The second kappa shape index (κ2) is 11.8. The molecule has 0 unspecified atom stereocenters. The van der Waals surface area contributed by atoms with Crippen molar-refractivity contribution < 1.29 is 14.7 Å². The number of carbonyl (C=O) groups excluding carboxylic acids is 1. The van der Waals surface area contributed by atoms with Crippen molar-refractivity contribution in [2.45, 2.75) is 38.3 Å². The molecule has 188 valence electrons. The monoisotopic (exact) mass is 506 g/mol. The summed E-state index contributed by atoms with van der Waals surface area (Å²) in [5.74, 6) is -1.53. The SMILES string of the molecule is N/C(=N\C(=O)c1ccc(C[C@H](N)C(=O)O)cc1)NCc1cc(-c2nccs2)ccc1N1CCCCC1. The average Bonchev–Trinajstić information content (AvgIpc) is 3.43. The Hall–Kier alpha value is -3.76. The lowest BCUT2D eigenvalue weighted by Gasteiger charge is -2.31. The quantitative estimate of drug-likeness (QED) is 0.269. The number of nitrogens with zero attached hydrogens (tertiary/aromatic N) is 3. The van der Waals surface area contributed by atoms with Gasteiger partial charge in [-0.05, 0) is 67.1 Å². The number of hydrogen-bond acceptors (Lipinski definition) is 6. The topological polar surface area (TPSA) is 147 Å². The number of piperidine rings is 1. The van der Waals surface area contributed by atoms with E-state index in [1.54, 1.807) is 41.8 Å². The van der Waals surface area contributed by atoms with Gasteiger partial charge < -0.3 is 26.8 Å². The number of amides is 1. The maximum atomic E-state index is 12.6. The van der Waals surface area contributed by atoms with Gasteiger partial charge in [0.15, 0.2) is 5.96 Å². The van der Waals surface area contributed by atoms with Crippen molar-refractivity contribution in [3.8, 4) is 10.6 Å². The molecule has 0 saturated carbocycles. The molecular formula is C26H30N6O3S. The predicted octanol–water partition coefficient (Wildman–Crippen LogP) is 3.00. The minimum absolute atomic E-state index is 0.0289. The summed E-state index contributed by atoms with van der Waals surface area (Å²) >= 11 is 1.59. The number of carboxylic acid groups (broad SMARTS) is 1. The number of hydrogen-bond donors (Lipinski definition) is 4. The Morgan fingerprint density at radius 1 is 1.14 bits per heavy atom. The van der Waals surface area contributed by atoms with Crippen LogP contribution in [0.5, 0.6) is 0 Å². The van der Waals surface area contributed by atoms with E-state index in [0.717, 1.165) is 40.5 Å². The van der Waals surface area contributed by atoms with Gasteiger partial charge in [-0.2, -0.15) is 4.99 Å². The molecule has 1 fully saturated rings. The van der Waals surface area contributed by atoms with Gasteiger partial charge in [0.25, 0.3) is 5.91 Å². The summed E-state index contributed by atoms with van der Waals surface area (Å²) in [5, 5.41) is 14.9. The molecule has 3 aromatic rings. The van der Waals surface area contributed by atoms with Crippen LogP contribution in [0.1, 0.15) is 40.7 Å². The summed E-state index contributed by atoms with van der Waals surface area (Å²) in [4.78, 5) is 34.3. The minimum Gasteiger partial charge on any atom is -0.480 e. The summed E-state index contributed by atoms with van der Waals surface area (Å²) in [5.41, 5.74) is 16.0. The van der Waals surface area contributed by atoms with Crippen LogP contribution in [0.15, 0.2) is 59.0 Å². The number of rotatable bonds is 8. The third kappa shape index (κ3) is 6.46. The minimum atomic E-state index is -1.07. The third-order valence-electron chi connectivity index (χ3n) is 6.11. The third-order valence-corrected chi connectivity index (χ3v) is 6.93. The van der Waals surface area contributed by atoms with Crippen LogP contribution in [0, 0.1) is 0 Å². The zero-order valence-electron chi connectivity index (χ0n) is 19.9. The van der Waals surface area contributed by atoms with E-state index < -0.39 is 17.9 Å².